The molecule has 1 aromatic rings. The zero-order valence-electron chi connectivity index (χ0n) is 9.31. The molecule has 0 fully saturated rings. The lowest BCUT2D eigenvalue weighted by molar-refractivity contribution is 0.103. The van der Waals surface area contributed by atoms with Crippen molar-refractivity contribution in [2.75, 3.05) is 31.8 Å². The molecule has 0 radical (unpaired) electrons. The van der Waals surface area contributed by atoms with Gasteiger partial charge in [-0.15, -0.1) is 0 Å². The predicted octanol–water partition coefficient (Wildman–Crippen LogP) is 1.83. The van der Waals surface area contributed by atoms with E-state index in [0.717, 1.165) is 12.1 Å². The second-order valence-electron chi connectivity index (χ2n) is 3.64. The van der Waals surface area contributed by atoms with E-state index < -0.39 is 0 Å². The highest BCUT2D eigenvalue weighted by molar-refractivity contribution is 5.90. The van der Waals surface area contributed by atoms with E-state index in [2.05, 4.69) is 0 Å². The van der Waals surface area contributed by atoms with Crippen LogP contribution in [0, 0.1) is 0 Å². The first kappa shape index (κ1) is 11.0. The Morgan fingerprint density at radius 2 is 2.19 bits per heavy atom. The molecule has 1 heterocycles. The Morgan fingerprint density at radius 3 is 3.00 bits per heavy atom. The number of methoxy groups -OCH3 is 1. The fraction of sp³-hybridized carbons (Fsp3) is 0.417. The number of carbonyl (C=O) groups excluding carboxylic acids is 1. The lowest BCUT2D eigenvalue weighted by Gasteiger charge is -2.16. The number of hydrogen-bond acceptors (Lipinski definition) is 3. The quantitative estimate of drug-likeness (QED) is 0.731. The highest BCUT2D eigenvalue weighted by atomic mass is 16.6. The maximum atomic E-state index is 11.7. The second kappa shape index (κ2) is 4.99. The van der Waals surface area contributed by atoms with Crippen LogP contribution in [0.25, 0.3) is 0 Å². The average Bonchev–Trinajstić information content (AvgIpc) is 2.73. The monoisotopic (exact) mass is 221 g/mol. The van der Waals surface area contributed by atoms with Crippen molar-refractivity contribution in [3.8, 4) is 0 Å². The fourth-order valence-corrected chi connectivity index (χ4v) is 1.82. The molecule has 2 rings (SSSR count). The molecule has 16 heavy (non-hydrogen) atoms. The normalized spacial score (nSPS) is 13.7. The number of carbonyl (C=O) groups is 1. The Kier molecular flexibility index (Phi) is 3.41. The zero-order chi connectivity index (χ0) is 11.4. The molecule has 0 unspecified atom stereocenters. The third-order valence-corrected chi connectivity index (χ3v) is 2.62. The van der Waals surface area contributed by atoms with Crippen molar-refractivity contribution in [3.05, 3.63) is 29.8 Å². The van der Waals surface area contributed by atoms with E-state index in [9.17, 15) is 4.79 Å². The van der Waals surface area contributed by atoms with Gasteiger partial charge >= 0.3 is 6.09 Å². The van der Waals surface area contributed by atoms with Gasteiger partial charge in [0, 0.05) is 13.7 Å². The lowest BCUT2D eigenvalue weighted by Crippen LogP contribution is -2.30. The lowest BCUT2D eigenvalue weighted by atomic mass is 10.2. The van der Waals surface area contributed by atoms with Crippen molar-refractivity contribution in [3.63, 3.8) is 0 Å². The van der Waals surface area contributed by atoms with Crippen LogP contribution in [0.1, 0.15) is 5.56 Å². The number of ether oxygens (including phenoxy) is 2. The highest BCUT2D eigenvalue weighted by Crippen LogP contribution is 2.27. The van der Waals surface area contributed by atoms with E-state index in [1.54, 1.807) is 12.0 Å². The van der Waals surface area contributed by atoms with Gasteiger partial charge in [-0.25, -0.2) is 4.79 Å². The Balaban J connectivity index is 1.99. The molecule has 0 aromatic heterocycles. The minimum Gasteiger partial charge on any atom is -0.447 e. The topological polar surface area (TPSA) is 38.8 Å². The first-order chi connectivity index (χ1) is 7.83. The molecule has 0 saturated carbocycles. The molecule has 0 bridgehead atoms. The Morgan fingerprint density at radius 1 is 1.38 bits per heavy atom. The third kappa shape index (κ3) is 2.17. The number of fused-ring (bicyclic) bond motifs is 1. The van der Waals surface area contributed by atoms with E-state index in [1.165, 1.54) is 5.56 Å². The van der Waals surface area contributed by atoms with Crippen molar-refractivity contribution in [1.29, 1.82) is 0 Å². The third-order valence-electron chi connectivity index (χ3n) is 2.62. The van der Waals surface area contributed by atoms with Gasteiger partial charge in [-0.3, -0.25) is 4.90 Å². The molecule has 0 saturated heterocycles. The smallest absolute Gasteiger partial charge is 0.414 e. The van der Waals surface area contributed by atoms with Gasteiger partial charge in [-0.2, -0.15) is 0 Å². The Bertz CT molecular complexity index is 378. The summed E-state index contributed by atoms with van der Waals surface area (Å²) in [6, 6.07) is 7.90. The first-order valence-electron chi connectivity index (χ1n) is 5.34. The molecular weight excluding hydrogens is 206 g/mol. The fourth-order valence-electron chi connectivity index (χ4n) is 1.82. The SMILES string of the molecule is COCCOC(=O)N1CCc2ccccc21. The van der Waals surface area contributed by atoms with Crippen molar-refractivity contribution >= 4 is 11.8 Å². The molecule has 4 heteroatoms. The van der Waals surface area contributed by atoms with Crippen molar-refractivity contribution in [1.82, 2.24) is 0 Å². The summed E-state index contributed by atoms with van der Waals surface area (Å²) in [6.07, 6.45) is 0.609. The number of amides is 1. The summed E-state index contributed by atoms with van der Waals surface area (Å²) in [5.41, 5.74) is 2.16. The summed E-state index contributed by atoms with van der Waals surface area (Å²) < 4.78 is 9.91. The van der Waals surface area contributed by atoms with E-state index >= 15 is 0 Å². The van der Waals surface area contributed by atoms with Crippen LogP contribution >= 0.6 is 0 Å². The van der Waals surface area contributed by atoms with Crippen LogP contribution in [0.5, 0.6) is 0 Å². The molecule has 1 amide bonds. The van der Waals surface area contributed by atoms with Crippen LogP contribution in [0.4, 0.5) is 10.5 Å². The first-order valence-corrected chi connectivity index (χ1v) is 5.34. The van der Waals surface area contributed by atoms with Crippen LogP contribution < -0.4 is 4.90 Å². The number of hydrogen-bond donors (Lipinski definition) is 0. The maximum absolute atomic E-state index is 11.7. The molecule has 0 N–H and O–H groups in total. The molecule has 0 aliphatic carbocycles. The summed E-state index contributed by atoms with van der Waals surface area (Å²) in [6.45, 7) is 1.43. The summed E-state index contributed by atoms with van der Waals surface area (Å²) >= 11 is 0. The van der Waals surface area contributed by atoms with E-state index in [-0.39, 0.29) is 6.09 Å². The molecule has 1 aliphatic heterocycles. The Labute approximate surface area is 94.8 Å². The zero-order valence-corrected chi connectivity index (χ0v) is 9.31. The molecule has 0 spiro atoms. The van der Waals surface area contributed by atoms with Crippen LogP contribution in [0.2, 0.25) is 0 Å². The number of nitrogens with zero attached hydrogens (tertiary/aromatic N) is 1. The number of anilines is 1. The van der Waals surface area contributed by atoms with Gasteiger partial charge in [0.1, 0.15) is 6.61 Å². The minimum atomic E-state index is -0.290. The van der Waals surface area contributed by atoms with Crippen LogP contribution in [0.15, 0.2) is 24.3 Å². The number of rotatable bonds is 3. The maximum Gasteiger partial charge on any atom is 0.414 e. The summed E-state index contributed by atoms with van der Waals surface area (Å²) in [7, 11) is 1.58. The molecule has 1 aliphatic rings. The summed E-state index contributed by atoms with van der Waals surface area (Å²) in [5, 5.41) is 0. The molecule has 1 aromatic carbocycles. The van der Waals surface area contributed by atoms with Gasteiger partial charge in [0.2, 0.25) is 0 Å². The molecule has 4 nitrogen and oxygen atoms in total. The number of para-hydroxylation sites is 1. The minimum absolute atomic E-state index is 0.290. The van der Waals surface area contributed by atoms with Crippen LogP contribution in [-0.4, -0.2) is 33.0 Å². The van der Waals surface area contributed by atoms with Crippen LogP contribution in [0.3, 0.4) is 0 Å². The number of benzene rings is 1. The predicted molar refractivity (Wildman–Crippen MR) is 60.7 cm³/mol. The Hall–Kier alpha value is -1.55. The largest absolute Gasteiger partial charge is 0.447 e. The van der Waals surface area contributed by atoms with Crippen molar-refractivity contribution < 1.29 is 14.3 Å². The van der Waals surface area contributed by atoms with Gasteiger partial charge < -0.3 is 9.47 Å². The van der Waals surface area contributed by atoms with E-state index in [4.69, 9.17) is 9.47 Å². The van der Waals surface area contributed by atoms with E-state index in [1.807, 2.05) is 24.3 Å². The van der Waals surface area contributed by atoms with Gasteiger partial charge in [0.25, 0.3) is 0 Å². The van der Waals surface area contributed by atoms with E-state index in [0.29, 0.717) is 19.8 Å². The average molecular weight is 221 g/mol. The van der Waals surface area contributed by atoms with Crippen LogP contribution in [-0.2, 0) is 15.9 Å². The van der Waals surface area contributed by atoms with Crippen molar-refractivity contribution in [2.45, 2.75) is 6.42 Å². The van der Waals surface area contributed by atoms with Gasteiger partial charge in [0.15, 0.2) is 0 Å². The van der Waals surface area contributed by atoms with Gasteiger partial charge in [-0.1, -0.05) is 18.2 Å². The van der Waals surface area contributed by atoms with Gasteiger partial charge in [0.05, 0.1) is 12.3 Å². The standard InChI is InChI=1S/C12H15NO3/c1-15-8-9-16-12(14)13-7-6-10-4-2-3-5-11(10)13/h2-5H,6-9H2,1H3. The highest BCUT2D eigenvalue weighted by Gasteiger charge is 2.24. The molecule has 0 atom stereocenters. The summed E-state index contributed by atoms with van der Waals surface area (Å²) in [4.78, 5) is 13.4. The van der Waals surface area contributed by atoms with Gasteiger partial charge in [-0.05, 0) is 18.1 Å². The molecule has 86 valence electrons. The second-order valence-corrected chi connectivity index (χ2v) is 3.64. The summed E-state index contributed by atoms with van der Waals surface area (Å²) in [5.74, 6) is 0. The molecular formula is C12H15NO3. The van der Waals surface area contributed by atoms with Crippen molar-refractivity contribution in [2.24, 2.45) is 0 Å².